The van der Waals surface area contributed by atoms with Crippen LogP contribution in [0.1, 0.15) is 40.5 Å². The molecule has 84 valence electrons. The zero-order valence-corrected chi connectivity index (χ0v) is 9.66. The van der Waals surface area contributed by atoms with E-state index in [4.69, 9.17) is 0 Å². The lowest BCUT2D eigenvalue weighted by Crippen LogP contribution is -2.44. The number of ketones is 1. The molecule has 1 unspecified atom stereocenters. The van der Waals surface area contributed by atoms with Crippen LogP contribution in [-0.2, 0) is 14.4 Å². The van der Waals surface area contributed by atoms with Crippen molar-refractivity contribution in [2.75, 3.05) is 0 Å². The molecule has 0 saturated carbocycles. The van der Waals surface area contributed by atoms with Gasteiger partial charge in [0, 0.05) is 12.8 Å². The average Bonchev–Trinajstić information content (AvgIpc) is 2.34. The molecule has 0 aromatic carbocycles. The van der Waals surface area contributed by atoms with Gasteiger partial charge in [0.2, 0.25) is 11.8 Å². The minimum atomic E-state index is -0.653. The molecule has 0 aromatic heterocycles. The number of hydrogen-bond donors (Lipinski definition) is 0. The molecule has 0 aromatic rings. The highest BCUT2D eigenvalue weighted by Gasteiger charge is 2.47. The molecule has 0 aliphatic carbocycles. The van der Waals surface area contributed by atoms with Crippen molar-refractivity contribution in [2.45, 2.75) is 46.6 Å². The molecular formula is C11H17NO3. The molecule has 0 N–H and O–H groups in total. The van der Waals surface area contributed by atoms with Crippen LogP contribution < -0.4 is 0 Å². The van der Waals surface area contributed by atoms with Gasteiger partial charge >= 0.3 is 0 Å². The Hall–Kier alpha value is -1.19. The molecule has 1 aliphatic rings. The van der Waals surface area contributed by atoms with Gasteiger partial charge in [-0.05, 0) is 6.92 Å². The Morgan fingerprint density at radius 2 is 2.00 bits per heavy atom. The number of imide groups is 1. The second-order valence-electron chi connectivity index (χ2n) is 4.63. The van der Waals surface area contributed by atoms with E-state index in [9.17, 15) is 14.4 Å². The van der Waals surface area contributed by atoms with Gasteiger partial charge in [-0.2, -0.15) is 0 Å². The van der Waals surface area contributed by atoms with Crippen molar-refractivity contribution < 1.29 is 14.4 Å². The van der Waals surface area contributed by atoms with Crippen LogP contribution in [0.4, 0.5) is 0 Å². The molecule has 4 heteroatoms. The molecule has 1 fully saturated rings. The summed E-state index contributed by atoms with van der Waals surface area (Å²) in [7, 11) is 0. The number of rotatable bonds is 3. The highest BCUT2D eigenvalue weighted by molar-refractivity contribution is 6.08. The van der Waals surface area contributed by atoms with Crippen LogP contribution in [-0.4, -0.2) is 28.5 Å². The van der Waals surface area contributed by atoms with Crippen molar-refractivity contribution in [3.05, 3.63) is 0 Å². The Kier molecular flexibility index (Phi) is 2.98. The maximum atomic E-state index is 11.9. The summed E-state index contributed by atoms with van der Waals surface area (Å²) in [6.45, 7) is 6.81. The second-order valence-corrected chi connectivity index (χ2v) is 4.63. The fourth-order valence-corrected chi connectivity index (χ4v) is 1.81. The first kappa shape index (κ1) is 11.9. The third-order valence-electron chi connectivity index (χ3n) is 2.86. The van der Waals surface area contributed by atoms with Gasteiger partial charge in [-0.25, -0.2) is 0 Å². The van der Waals surface area contributed by atoms with Crippen molar-refractivity contribution in [1.82, 2.24) is 4.90 Å². The van der Waals surface area contributed by atoms with Crippen LogP contribution in [0.25, 0.3) is 0 Å². The van der Waals surface area contributed by atoms with E-state index in [-0.39, 0.29) is 24.0 Å². The number of carbonyl (C=O) groups excluding carboxylic acids is 3. The monoisotopic (exact) mass is 211 g/mol. The molecule has 2 amide bonds. The van der Waals surface area contributed by atoms with Gasteiger partial charge in [0.25, 0.3) is 0 Å². The predicted molar refractivity (Wildman–Crippen MR) is 55.0 cm³/mol. The summed E-state index contributed by atoms with van der Waals surface area (Å²) >= 11 is 0. The van der Waals surface area contributed by atoms with Gasteiger partial charge in [-0.15, -0.1) is 0 Å². The molecule has 4 nitrogen and oxygen atoms in total. The van der Waals surface area contributed by atoms with Crippen molar-refractivity contribution in [3.63, 3.8) is 0 Å². The number of carbonyl (C=O) groups is 3. The first-order chi connectivity index (χ1) is 6.81. The molecular weight excluding hydrogens is 194 g/mol. The first-order valence-electron chi connectivity index (χ1n) is 5.20. The maximum Gasteiger partial charge on any atom is 0.236 e. The number of hydrogen-bond acceptors (Lipinski definition) is 3. The minimum absolute atomic E-state index is 0.0746. The largest absolute Gasteiger partial charge is 0.297 e. The Balaban J connectivity index is 2.93. The predicted octanol–water partition coefficient (Wildman–Crippen LogP) is 1.14. The van der Waals surface area contributed by atoms with E-state index in [0.717, 1.165) is 4.90 Å². The van der Waals surface area contributed by atoms with Crippen LogP contribution in [0.15, 0.2) is 0 Å². The van der Waals surface area contributed by atoms with Crippen LogP contribution in [0.3, 0.4) is 0 Å². The average molecular weight is 211 g/mol. The summed E-state index contributed by atoms with van der Waals surface area (Å²) in [5.74, 6) is -0.546. The zero-order valence-electron chi connectivity index (χ0n) is 9.66. The number of Topliss-reactive ketones (excluding diaryl/α,β-unsaturated/α-hetero) is 1. The highest BCUT2D eigenvalue weighted by atomic mass is 16.2. The van der Waals surface area contributed by atoms with Gasteiger partial charge in [0.1, 0.15) is 0 Å². The molecule has 1 aliphatic heterocycles. The van der Waals surface area contributed by atoms with Crippen molar-refractivity contribution >= 4 is 17.6 Å². The molecule has 0 spiro atoms. The summed E-state index contributed by atoms with van der Waals surface area (Å²) in [4.78, 5) is 36.0. The quantitative estimate of drug-likeness (QED) is 0.658. The first-order valence-corrected chi connectivity index (χ1v) is 5.20. The smallest absolute Gasteiger partial charge is 0.236 e. The molecule has 1 saturated heterocycles. The fraction of sp³-hybridized carbons (Fsp3) is 0.727. The van der Waals surface area contributed by atoms with Crippen LogP contribution in [0, 0.1) is 5.41 Å². The molecule has 0 bridgehead atoms. The zero-order chi connectivity index (χ0) is 11.8. The highest BCUT2D eigenvalue weighted by Crippen LogP contribution is 2.33. The Morgan fingerprint density at radius 1 is 1.47 bits per heavy atom. The van der Waals surface area contributed by atoms with Gasteiger partial charge in [-0.1, -0.05) is 20.8 Å². The summed E-state index contributed by atoms with van der Waals surface area (Å²) in [6, 6.07) is -0.614. The number of nitrogens with zero attached hydrogens (tertiary/aromatic N) is 1. The number of likely N-dealkylation sites (tertiary alicyclic amines) is 1. The fourth-order valence-electron chi connectivity index (χ4n) is 1.81. The standard InChI is InChI=1S/C11H17NO3/c1-5-8(13)7(2)12-9(14)6-11(3,4)10(12)15/h7H,5-6H2,1-4H3. The normalized spacial score (nSPS) is 22.0. The molecule has 1 heterocycles. The molecule has 0 radical (unpaired) electrons. The molecule has 1 atom stereocenters. The van der Waals surface area contributed by atoms with E-state index in [0.29, 0.717) is 6.42 Å². The van der Waals surface area contributed by atoms with Crippen LogP contribution >= 0.6 is 0 Å². The van der Waals surface area contributed by atoms with Gasteiger partial charge in [-0.3, -0.25) is 19.3 Å². The summed E-state index contributed by atoms with van der Waals surface area (Å²) in [5.41, 5.74) is -0.653. The summed E-state index contributed by atoms with van der Waals surface area (Å²) in [6.07, 6.45) is 0.547. The lowest BCUT2D eigenvalue weighted by atomic mass is 9.92. The van der Waals surface area contributed by atoms with Gasteiger partial charge < -0.3 is 0 Å². The van der Waals surface area contributed by atoms with E-state index in [2.05, 4.69) is 0 Å². The Morgan fingerprint density at radius 3 is 2.33 bits per heavy atom. The molecule has 1 rings (SSSR count). The Bertz CT molecular complexity index is 320. The Labute approximate surface area is 89.6 Å². The third-order valence-corrected chi connectivity index (χ3v) is 2.86. The summed E-state index contributed by atoms with van der Waals surface area (Å²) in [5, 5.41) is 0. The second kappa shape index (κ2) is 3.76. The number of amides is 2. The van der Waals surface area contributed by atoms with Crippen LogP contribution in [0.2, 0.25) is 0 Å². The van der Waals surface area contributed by atoms with Crippen molar-refractivity contribution in [2.24, 2.45) is 5.41 Å². The third kappa shape index (κ3) is 1.94. The van der Waals surface area contributed by atoms with E-state index < -0.39 is 11.5 Å². The van der Waals surface area contributed by atoms with E-state index in [1.165, 1.54) is 0 Å². The van der Waals surface area contributed by atoms with Crippen molar-refractivity contribution in [1.29, 1.82) is 0 Å². The van der Waals surface area contributed by atoms with Crippen molar-refractivity contribution in [3.8, 4) is 0 Å². The van der Waals surface area contributed by atoms with Gasteiger partial charge in [0.15, 0.2) is 5.78 Å². The van der Waals surface area contributed by atoms with E-state index >= 15 is 0 Å². The lowest BCUT2D eigenvalue weighted by molar-refractivity contribution is -0.147. The maximum absolute atomic E-state index is 11.9. The SMILES string of the molecule is CCC(=O)C(C)N1C(=O)CC(C)(C)C1=O. The van der Waals surface area contributed by atoms with Crippen LogP contribution in [0.5, 0.6) is 0 Å². The van der Waals surface area contributed by atoms with E-state index in [1.54, 1.807) is 27.7 Å². The topological polar surface area (TPSA) is 54.5 Å². The summed E-state index contributed by atoms with van der Waals surface area (Å²) < 4.78 is 0. The molecule has 15 heavy (non-hydrogen) atoms. The minimum Gasteiger partial charge on any atom is -0.297 e. The van der Waals surface area contributed by atoms with E-state index in [1.807, 2.05) is 0 Å². The lowest BCUT2D eigenvalue weighted by Gasteiger charge is -2.23. The van der Waals surface area contributed by atoms with Gasteiger partial charge in [0.05, 0.1) is 11.5 Å².